The van der Waals surface area contributed by atoms with Crippen LogP contribution in [0.5, 0.6) is 0 Å². The molecule has 0 fully saturated rings. The predicted octanol–water partition coefficient (Wildman–Crippen LogP) is 16.5. The Bertz CT molecular complexity index is 3290. The lowest BCUT2D eigenvalue weighted by atomic mass is 9.96. The van der Waals surface area contributed by atoms with E-state index >= 15 is 0 Å². The van der Waals surface area contributed by atoms with Crippen LogP contribution in [-0.2, 0) is 0 Å². The molecule has 0 radical (unpaired) electrons. The van der Waals surface area contributed by atoms with E-state index in [0.29, 0.717) is 0 Å². The van der Waals surface area contributed by atoms with Crippen LogP contribution in [0.25, 0.3) is 88.3 Å². The Morgan fingerprint density at radius 1 is 0.283 bits per heavy atom. The third-order valence-corrected chi connectivity index (χ3v) is 11.7. The van der Waals surface area contributed by atoms with E-state index in [1.54, 1.807) is 0 Å². The fourth-order valence-corrected chi connectivity index (χ4v) is 8.63. The largest absolute Gasteiger partial charge is 0.455 e. The van der Waals surface area contributed by atoms with E-state index in [2.05, 4.69) is 229 Å². The molecular formula is C58H39NO. The van der Waals surface area contributed by atoms with Gasteiger partial charge < -0.3 is 9.32 Å². The molecule has 1 aromatic heterocycles. The second-order valence-electron chi connectivity index (χ2n) is 15.3. The number of hydrogen-bond acceptors (Lipinski definition) is 2. The van der Waals surface area contributed by atoms with Crippen molar-refractivity contribution in [3.05, 3.63) is 237 Å². The molecule has 0 amide bonds. The number of benzene rings is 10. The molecule has 0 aliphatic carbocycles. The smallest absolute Gasteiger partial charge is 0.143 e. The minimum absolute atomic E-state index is 0.905. The summed E-state index contributed by atoms with van der Waals surface area (Å²) in [4.78, 5) is 2.36. The van der Waals surface area contributed by atoms with Gasteiger partial charge in [0.15, 0.2) is 0 Å². The third-order valence-electron chi connectivity index (χ3n) is 11.7. The molecule has 0 spiro atoms. The lowest BCUT2D eigenvalue weighted by Gasteiger charge is -2.28. The molecule has 10 aromatic carbocycles. The first-order valence-corrected chi connectivity index (χ1v) is 20.5. The van der Waals surface area contributed by atoms with Gasteiger partial charge in [0.2, 0.25) is 0 Å². The third kappa shape index (κ3) is 6.51. The Hall–Kier alpha value is -7.94. The van der Waals surface area contributed by atoms with E-state index in [1.165, 1.54) is 55.3 Å². The summed E-state index contributed by atoms with van der Waals surface area (Å²) in [5.74, 6) is 0. The van der Waals surface area contributed by atoms with Crippen LogP contribution < -0.4 is 4.90 Å². The average molecular weight is 766 g/mol. The quantitative estimate of drug-likeness (QED) is 0.153. The summed E-state index contributed by atoms with van der Waals surface area (Å²) in [6, 6.07) is 84.8. The second-order valence-corrected chi connectivity index (χ2v) is 15.3. The molecule has 0 unspecified atom stereocenters. The van der Waals surface area contributed by atoms with Gasteiger partial charge in [0.05, 0.1) is 5.69 Å². The van der Waals surface area contributed by atoms with Crippen molar-refractivity contribution in [3.8, 4) is 55.6 Å². The van der Waals surface area contributed by atoms with Crippen LogP contribution in [0.2, 0.25) is 0 Å². The van der Waals surface area contributed by atoms with E-state index in [9.17, 15) is 0 Å². The Kier molecular flexibility index (Phi) is 8.87. The zero-order chi connectivity index (χ0) is 39.8. The van der Waals surface area contributed by atoms with Crippen LogP contribution in [0.15, 0.2) is 241 Å². The second kappa shape index (κ2) is 15.1. The number of anilines is 3. The Balaban J connectivity index is 0.925. The standard InChI is InChI=1S/C58H39NO/c1-2-13-44(14-3-1)52-18-6-8-22-56(52)59(51-36-32-45(33-37-51)53-20-11-21-55-54-19-7-9-23-57(54)60-58(53)55)50-34-30-42(31-35-50)41-24-26-43(27-25-41)47-16-10-17-48(38-47)49-29-28-40-12-4-5-15-46(40)39-49/h1-39H. The maximum atomic E-state index is 6.42. The van der Waals surface area contributed by atoms with E-state index in [0.717, 1.165) is 50.1 Å². The average Bonchev–Trinajstić information content (AvgIpc) is 3.72. The molecule has 60 heavy (non-hydrogen) atoms. The van der Waals surface area contributed by atoms with Gasteiger partial charge in [0.25, 0.3) is 0 Å². The van der Waals surface area contributed by atoms with Crippen molar-refractivity contribution in [2.75, 3.05) is 4.90 Å². The van der Waals surface area contributed by atoms with Gasteiger partial charge in [-0.1, -0.05) is 188 Å². The monoisotopic (exact) mass is 765 g/mol. The summed E-state index contributed by atoms with van der Waals surface area (Å²) in [5, 5.41) is 4.78. The highest BCUT2D eigenvalue weighted by molar-refractivity contribution is 6.09. The molecule has 2 heteroatoms. The number of fused-ring (bicyclic) bond motifs is 4. The van der Waals surface area contributed by atoms with Gasteiger partial charge in [0.1, 0.15) is 11.2 Å². The Morgan fingerprint density at radius 3 is 1.53 bits per heavy atom. The molecule has 1 heterocycles. The van der Waals surface area contributed by atoms with Crippen molar-refractivity contribution >= 4 is 49.8 Å². The number of para-hydroxylation sites is 3. The summed E-state index contributed by atoms with van der Waals surface area (Å²) in [5.41, 5.74) is 16.8. The van der Waals surface area contributed by atoms with E-state index < -0.39 is 0 Å². The van der Waals surface area contributed by atoms with Crippen LogP contribution in [0.4, 0.5) is 17.1 Å². The zero-order valence-electron chi connectivity index (χ0n) is 32.9. The normalized spacial score (nSPS) is 11.3. The van der Waals surface area contributed by atoms with E-state index in [-0.39, 0.29) is 0 Å². The van der Waals surface area contributed by atoms with E-state index in [1.807, 2.05) is 12.1 Å². The lowest BCUT2D eigenvalue weighted by Crippen LogP contribution is -2.11. The van der Waals surface area contributed by atoms with Crippen LogP contribution in [0.3, 0.4) is 0 Å². The van der Waals surface area contributed by atoms with Gasteiger partial charge in [-0.05, 0) is 104 Å². The number of furan rings is 1. The molecule has 0 bridgehead atoms. The molecule has 2 nitrogen and oxygen atoms in total. The molecule has 0 aliphatic heterocycles. The van der Waals surface area contributed by atoms with Gasteiger partial charge >= 0.3 is 0 Å². The van der Waals surface area contributed by atoms with Crippen molar-refractivity contribution in [3.63, 3.8) is 0 Å². The molecule has 11 rings (SSSR count). The molecule has 0 atom stereocenters. The summed E-state index contributed by atoms with van der Waals surface area (Å²) < 4.78 is 6.42. The highest BCUT2D eigenvalue weighted by Gasteiger charge is 2.18. The van der Waals surface area contributed by atoms with Crippen molar-refractivity contribution in [2.45, 2.75) is 0 Å². The van der Waals surface area contributed by atoms with Crippen molar-refractivity contribution in [1.82, 2.24) is 0 Å². The predicted molar refractivity (Wildman–Crippen MR) is 253 cm³/mol. The minimum atomic E-state index is 0.905. The SMILES string of the molecule is c1ccc(-c2ccccc2N(c2ccc(-c3ccc(-c4cccc(-c5ccc6ccccc6c5)c4)cc3)cc2)c2ccc(-c3cccc4c3oc3ccccc34)cc2)cc1. The van der Waals surface area contributed by atoms with Gasteiger partial charge in [-0.25, -0.2) is 0 Å². The molecule has 282 valence electrons. The first kappa shape index (κ1) is 35.2. The van der Waals surface area contributed by atoms with Crippen molar-refractivity contribution in [2.24, 2.45) is 0 Å². The number of nitrogens with zero attached hydrogens (tertiary/aromatic N) is 1. The molecule has 11 aromatic rings. The highest BCUT2D eigenvalue weighted by atomic mass is 16.3. The summed E-state index contributed by atoms with van der Waals surface area (Å²) in [7, 11) is 0. The first-order chi connectivity index (χ1) is 29.7. The fraction of sp³-hybridized carbons (Fsp3) is 0. The fourth-order valence-electron chi connectivity index (χ4n) is 8.63. The van der Waals surface area contributed by atoms with Crippen LogP contribution in [0.1, 0.15) is 0 Å². The highest BCUT2D eigenvalue weighted by Crippen LogP contribution is 2.43. The zero-order valence-corrected chi connectivity index (χ0v) is 32.9. The van der Waals surface area contributed by atoms with Crippen molar-refractivity contribution in [1.29, 1.82) is 0 Å². The van der Waals surface area contributed by atoms with Crippen molar-refractivity contribution < 1.29 is 4.42 Å². The van der Waals surface area contributed by atoms with Gasteiger partial charge in [-0.2, -0.15) is 0 Å². The molecule has 0 saturated heterocycles. The van der Waals surface area contributed by atoms with Gasteiger partial charge in [-0.15, -0.1) is 0 Å². The summed E-state index contributed by atoms with van der Waals surface area (Å²) >= 11 is 0. The van der Waals surface area contributed by atoms with E-state index in [4.69, 9.17) is 4.42 Å². The molecule has 0 aliphatic rings. The van der Waals surface area contributed by atoms with Crippen LogP contribution in [0, 0.1) is 0 Å². The Morgan fingerprint density at radius 2 is 0.767 bits per heavy atom. The Labute approximate surface area is 349 Å². The lowest BCUT2D eigenvalue weighted by molar-refractivity contribution is 0.670. The topological polar surface area (TPSA) is 16.4 Å². The first-order valence-electron chi connectivity index (χ1n) is 20.5. The number of hydrogen-bond donors (Lipinski definition) is 0. The summed E-state index contributed by atoms with van der Waals surface area (Å²) in [6.45, 7) is 0. The maximum absolute atomic E-state index is 6.42. The minimum Gasteiger partial charge on any atom is -0.455 e. The molecular weight excluding hydrogens is 727 g/mol. The van der Waals surface area contributed by atoms with Gasteiger partial charge in [-0.3, -0.25) is 0 Å². The van der Waals surface area contributed by atoms with Crippen LogP contribution >= 0.6 is 0 Å². The van der Waals surface area contributed by atoms with Gasteiger partial charge in [0, 0.05) is 33.3 Å². The number of rotatable bonds is 8. The van der Waals surface area contributed by atoms with Crippen LogP contribution in [-0.4, -0.2) is 0 Å². The summed E-state index contributed by atoms with van der Waals surface area (Å²) in [6.07, 6.45) is 0. The maximum Gasteiger partial charge on any atom is 0.143 e. The molecule has 0 saturated carbocycles. The molecule has 0 N–H and O–H groups in total.